The van der Waals surface area contributed by atoms with Crippen LogP contribution in [0.5, 0.6) is 0 Å². The third-order valence-electron chi connectivity index (χ3n) is 1.69. The second-order valence-electron chi connectivity index (χ2n) is 3.83. The largest absolute Gasteiger partial charge is 0.466 e. The van der Waals surface area contributed by atoms with Crippen LogP contribution in [0.25, 0.3) is 0 Å². The first-order valence-corrected chi connectivity index (χ1v) is 7.81. The second-order valence-corrected chi connectivity index (χ2v) is 3.83. The first kappa shape index (κ1) is 25.1. The Kier molecular flexibility index (Phi) is 27.6. The Morgan fingerprint density at radius 3 is 1.00 bits per heavy atom. The summed E-state index contributed by atoms with van der Waals surface area (Å²) in [6, 6.07) is 12.0. The molecule has 0 saturated carbocycles. The average Bonchev–Trinajstić information content (AvgIpc) is 2.55. The van der Waals surface area contributed by atoms with Gasteiger partial charge in [0.15, 0.2) is 0 Å². The van der Waals surface area contributed by atoms with Crippen molar-refractivity contribution in [3.63, 3.8) is 0 Å². The molecule has 0 fully saturated rings. The monoisotopic (exact) mass is 312 g/mol. The fraction of sp³-hybridized carbons (Fsp3) is 0.556. The van der Waals surface area contributed by atoms with Crippen LogP contribution in [0.1, 0.15) is 54.4 Å². The molecule has 0 N–H and O–H groups in total. The number of hydrogen-bond acceptors (Lipinski definition) is 4. The van der Waals surface area contributed by atoms with E-state index in [1.165, 1.54) is 13.8 Å². The Bertz CT molecular complexity index is 278. The van der Waals surface area contributed by atoms with Gasteiger partial charge < -0.3 is 9.47 Å². The molecule has 0 bridgehead atoms. The van der Waals surface area contributed by atoms with Crippen LogP contribution in [0.15, 0.2) is 36.4 Å². The quantitative estimate of drug-likeness (QED) is 0.760. The van der Waals surface area contributed by atoms with E-state index < -0.39 is 0 Å². The van der Waals surface area contributed by atoms with Crippen LogP contribution >= 0.6 is 0 Å². The second kappa shape index (κ2) is 24.2. The van der Waals surface area contributed by atoms with E-state index in [1.54, 1.807) is 0 Å². The first-order valence-electron chi connectivity index (χ1n) is 7.81. The number of benzene rings is 1. The number of carbonyl (C=O) groups is 2. The highest BCUT2D eigenvalue weighted by atomic mass is 16.5. The summed E-state index contributed by atoms with van der Waals surface area (Å²) in [5, 5.41) is 0. The van der Waals surface area contributed by atoms with E-state index in [0.29, 0.717) is 13.2 Å². The van der Waals surface area contributed by atoms with Gasteiger partial charge >= 0.3 is 11.9 Å². The van der Waals surface area contributed by atoms with E-state index in [9.17, 15) is 9.59 Å². The molecule has 1 aromatic rings. The molecule has 4 heteroatoms. The van der Waals surface area contributed by atoms with Gasteiger partial charge in [0.25, 0.3) is 0 Å². The average molecular weight is 312 g/mol. The maximum atomic E-state index is 9.98. The normalized spacial score (nSPS) is 7.73. The smallest absolute Gasteiger partial charge is 0.302 e. The lowest BCUT2D eigenvalue weighted by atomic mass is 10.4. The number of rotatable bonds is 4. The van der Waals surface area contributed by atoms with Crippen molar-refractivity contribution >= 4 is 11.9 Å². The molecule has 128 valence electrons. The van der Waals surface area contributed by atoms with Gasteiger partial charge in [0.05, 0.1) is 13.2 Å². The molecule has 1 rings (SSSR count). The molecule has 0 aliphatic heterocycles. The zero-order valence-electron chi connectivity index (χ0n) is 14.9. The summed E-state index contributed by atoms with van der Waals surface area (Å²) in [4.78, 5) is 20.0. The lowest BCUT2D eigenvalue weighted by Gasteiger charge is -1.93. The van der Waals surface area contributed by atoms with Crippen molar-refractivity contribution in [1.29, 1.82) is 0 Å². The highest BCUT2D eigenvalue weighted by molar-refractivity contribution is 5.66. The summed E-state index contributed by atoms with van der Waals surface area (Å²) in [7, 11) is 0. The van der Waals surface area contributed by atoms with Crippen molar-refractivity contribution in [3.05, 3.63) is 36.4 Å². The topological polar surface area (TPSA) is 52.6 Å². The number of hydrogen-bond donors (Lipinski definition) is 0. The molecule has 0 unspecified atom stereocenters. The van der Waals surface area contributed by atoms with Crippen molar-refractivity contribution in [2.75, 3.05) is 13.2 Å². The fourth-order valence-electron chi connectivity index (χ4n) is 0.876. The minimum atomic E-state index is -0.193. The van der Waals surface area contributed by atoms with Gasteiger partial charge in [-0.2, -0.15) is 0 Å². The molecule has 0 radical (unpaired) electrons. The van der Waals surface area contributed by atoms with Gasteiger partial charge in [0.2, 0.25) is 0 Å². The number of esters is 2. The number of carbonyl (C=O) groups excluding carboxylic acids is 2. The van der Waals surface area contributed by atoms with Crippen molar-refractivity contribution in [2.24, 2.45) is 0 Å². The summed E-state index contributed by atoms with van der Waals surface area (Å²) in [6.45, 7) is 11.8. The van der Waals surface area contributed by atoms with E-state index in [4.69, 9.17) is 0 Å². The molecule has 0 amide bonds. The predicted molar refractivity (Wildman–Crippen MR) is 91.6 cm³/mol. The Balaban J connectivity index is -0.000000233. The molecule has 0 heterocycles. The third-order valence-corrected chi connectivity index (χ3v) is 1.69. The van der Waals surface area contributed by atoms with E-state index in [2.05, 4.69) is 9.47 Å². The maximum absolute atomic E-state index is 9.98. The Hall–Kier alpha value is -1.84. The van der Waals surface area contributed by atoms with Gasteiger partial charge in [-0.05, 0) is 12.8 Å². The lowest BCUT2D eigenvalue weighted by Crippen LogP contribution is -1.98. The SMILES string of the molecule is CC.CCCOC(C)=O.CCCOC(C)=O.c1ccccc1. The van der Waals surface area contributed by atoms with Crippen LogP contribution < -0.4 is 0 Å². The molecule has 4 nitrogen and oxygen atoms in total. The maximum Gasteiger partial charge on any atom is 0.302 e. The number of ether oxygens (including phenoxy) is 2. The lowest BCUT2D eigenvalue weighted by molar-refractivity contribution is -0.141. The molecule has 0 atom stereocenters. The van der Waals surface area contributed by atoms with Crippen molar-refractivity contribution < 1.29 is 19.1 Å². The molecule has 22 heavy (non-hydrogen) atoms. The Morgan fingerprint density at radius 2 is 0.909 bits per heavy atom. The highest BCUT2D eigenvalue weighted by Gasteiger charge is 1.86. The van der Waals surface area contributed by atoms with Crippen LogP contribution in [0.3, 0.4) is 0 Å². The van der Waals surface area contributed by atoms with Crippen LogP contribution in [-0.2, 0) is 19.1 Å². The molecular formula is C18H32O4. The molecule has 1 aromatic carbocycles. The molecular weight excluding hydrogens is 280 g/mol. The summed E-state index contributed by atoms with van der Waals surface area (Å²) in [6.07, 6.45) is 1.80. The van der Waals surface area contributed by atoms with Gasteiger partial charge in [-0.3, -0.25) is 9.59 Å². The van der Waals surface area contributed by atoms with Gasteiger partial charge in [-0.15, -0.1) is 0 Å². The van der Waals surface area contributed by atoms with Crippen molar-refractivity contribution in [3.8, 4) is 0 Å². The molecule has 0 aliphatic rings. The van der Waals surface area contributed by atoms with Gasteiger partial charge in [-0.25, -0.2) is 0 Å². The van der Waals surface area contributed by atoms with Crippen LogP contribution in [0.2, 0.25) is 0 Å². The summed E-state index contributed by atoms with van der Waals surface area (Å²) >= 11 is 0. The highest BCUT2D eigenvalue weighted by Crippen LogP contribution is 1.80. The molecule has 0 saturated heterocycles. The van der Waals surface area contributed by atoms with Crippen LogP contribution in [-0.4, -0.2) is 25.2 Å². The predicted octanol–water partition coefficient (Wildman–Crippen LogP) is 4.63. The molecule has 0 aromatic heterocycles. The van der Waals surface area contributed by atoms with Gasteiger partial charge in [0, 0.05) is 13.8 Å². The van der Waals surface area contributed by atoms with E-state index in [1.807, 2.05) is 64.1 Å². The summed E-state index contributed by atoms with van der Waals surface area (Å²) in [5.74, 6) is -0.385. The van der Waals surface area contributed by atoms with Crippen LogP contribution in [0.4, 0.5) is 0 Å². The minimum Gasteiger partial charge on any atom is -0.466 e. The Labute approximate surface area is 135 Å². The van der Waals surface area contributed by atoms with E-state index in [-0.39, 0.29) is 11.9 Å². The fourth-order valence-corrected chi connectivity index (χ4v) is 0.876. The molecule has 0 aliphatic carbocycles. The standard InChI is InChI=1S/C6H6.2C5H10O2.C2H6/c1-2-4-6-5-3-1;2*1-3-4-7-5(2)6;1-2/h1-6H;2*3-4H2,1-2H3;1-2H3. The zero-order chi connectivity index (χ0) is 17.6. The van der Waals surface area contributed by atoms with Crippen molar-refractivity contribution in [1.82, 2.24) is 0 Å². The zero-order valence-corrected chi connectivity index (χ0v) is 14.9. The van der Waals surface area contributed by atoms with E-state index >= 15 is 0 Å². The molecule has 0 spiro atoms. The summed E-state index contributed by atoms with van der Waals surface area (Å²) in [5.41, 5.74) is 0. The minimum absolute atomic E-state index is 0.193. The summed E-state index contributed by atoms with van der Waals surface area (Å²) < 4.78 is 9.10. The van der Waals surface area contributed by atoms with E-state index in [0.717, 1.165) is 12.8 Å². The van der Waals surface area contributed by atoms with Gasteiger partial charge in [-0.1, -0.05) is 64.1 Å². The van der Waals surface area contributed by atoms with Crippen molar-refractivity contribution in [2.45, 2.75) is 54.4 Å². The van der Waals surface area contributed by atoms with Gasteiger partial charge in [0.1, 0.15) is 0 Å². The Morgan fingerprint density at radius 1 is 0.682 bits per heavy atom. The first-order chi connectivity index (χ1) is 10.5. The third kappa shape index (κ3) is 36.2. The van der Waals surface area contributed by atoms with Crippen LogP contribution in [0, 0.1) is 0 Å².